The first-order chi connectivity index (χ1) is 7.74. The van der Waals surface area contributed by atoms with Gasteiger partial charge in [-0.1, -0.05) is 0 Å². The molecule has 0 bridgehead atoms. The Balaban J connectivity index is 1.88. The summed E-state index contributed by atoms with van der Waals surface area (Å²) >= 11 is 1.94. The lowest BCUT2D eigenvalue weighted by Crippen LogP contribution is -2.21. The predicted octanol–water partition coefficient (Wildman–Crippen LogP) is 1.24. The van der Waals surface area contributed by atoms with Gasteiger partial charge in [0.05, 0.1) is 12.4 Å². The normalized spacial score (nSPS) is 17.2. The highest BCUT2D eigenvalue weighted by Crippen LogP contribution is 2.22. The van der Waals surface area contributed by atoms with Gasteiger partial charge >= 0.3 is 5.97 Å². The van der Waals surface area contributed by atoms with E-state index in [1.807, 2.05) is 11.8 Å². The number of hydrogen-bond acceptors (Lipinski definition) is 4. The zero-order valence-electron chi connectivity index (χ0n) is 8.83. The molecule has 1 N–H and O–H groups in total. The van der Waals surface area contributed by atoms with Crippen LogP contribution in [0.3, 0.4) is 0 Å². The minimum atomic E-state index is -0.899. The highest BCUT2D eigenvalue weighted by Gasteiger charge is 2.15. The van der Waals surface area contributed by atoms with Crippen LogP contribution in [0.1, 0.15) is 12.8 Å². The number of rotatable bonds is 4. The maximum absolute atomic E-state index is 10.5. The van der Waals surface area contributed by atoms with Gasteiger partial charge in [-0.2, -0.15) is 16.9 Å². The van der Waals surface area contributed by atoms with Crippen molar-refractivity contribution in [3.63, 3.8) is 0 Å². The molecule has 2 rings (SSSR count). The van der Waals surface area contributed by atoms with Gasteiger partial charge in [-0.25, -0.2) is 0 Å². The Bertz CT molecular complexity index is 361. The van der Waals surface area contributed by atoms with Crippen molar-refractivity contribution in [2.45, 2.75) is 25.5 Å². The molecule has 1 aliphatic heterocycles. The molecule has 6 heteroatoms. The van der Waals surface area contributed by atoms with Crippen molar-refractivity contribution in [1.82, 2.24) is 9.78 Å². The standard InChI is InChI=1S/C10H14N2O3S/c13-10(14)7-12-6-9(5-11-12)15-8-1-3-16-4-2-8/h5-6,8H,1-4,7H2,(H,13,14). The molecule has 0 spiro atoms. The van der Waals surface area contributed by atoms with E-state index in [0.29, 0.717) is 5.75 Å². The molecule has 0 radical (unpaired) electrons. The Morgan fingerprint density at radius 3 is 3.06 bits per heavy atom. The van der Waals surface area contributed by atoms with Crippen LogP contribution < -0.4 is 4.74 Å². The van der Waals surface area contributed by atoms with Gasteiger partial charge in [-0.05, 0) is 24.3 Å². The number of aromatic nitrogens is 2. The number of thioether (sulfide) groups is 1. The molecule has 0 aliphatic carbocycles. The monoisotopic (exact) mass is 242 g/mol. The van der Waals surface area contributed by atoms with Gasteiger partial charge in [0.2, 0.25) is 0 Å². The molecule has 1 aromatic heterocycles. The zero-order valence-corrected chi connectivity index (χ0v) is 9.65. The van der Waals surface area contributed by atoms with E-state index >= 15 is 0 Å². The molecule has 0 aromatic carbocycles. The van der Waals surface area contributed by atoms with Crippen molar-refractivity contribution >= 4 is 17.7 Å². The summed E-state index contributed by atoms with van der Waals surface area (Å²) in [5.41, 5.74) is 0. The van der Waals surface area contributed by atoms with Gasteiger partial charge < -0.3 is 9.84 Å². The summed E-state index contributed by atoms with van der Waals surface area (Å²) in [6, 6.07) is 0. The van der Waals surface area contributed by atoms with Crippen LogP contribution >= 0.6 is 11.8 Å². The Labute approximate surface area is 97.8 Å². The van der Waals surface area contributed by atoms with Crippen LogP contribution in [-0.4, -0.2) is 38.5 Å². The summed E-state index contributed by atoms with van der Waals surface area (Å²) in [7, 11) is 0. The second-order valence-corrected chi connectivity index (χ2v) is 4.92. The minimum absolute atomic E-state index is 0.121. The number of aliphatic carboxylic acids is 1. The van der Waals surface area contributed by atoms with Crippen molar-refractivity contribution in [1.29, 1.82) is 0 Å². The van der Waals surface area contributed by atoms with Crippen LogP contribution in [0.25, 0.3) is 0 Å². The SMILES string of the molecule is O=C(O)Cn1cc(OC2CCSCC2)cn1. The molecule has 1 fully saturated rings. The molecular formula is C10H14N2O3S. The third-order valence-corrected chi connectivity index (χ3v) is 3.43. The van der Waals surface area contributed by atoms with E-state index in [0.717, 1.165) is 24.3 Å². The molecular weight excluding hydrogens is 228 g/mol. The fourth-order valence-corrected chi connectivity index (χ4v) is 2.68. The van der Waals surface area contributed by atoms with Crippen LogP contribution in [0, 0.1) is 0 Å². The molecule has 16 heavy (non-hydrogen) atoms. The molecule has 88 valence electrons. The third kappa shape index (κ3) is 3.16. The maximum Gasteiger partial charge on any atom is 0.325 e. The van der Waals surface area contributed by atoms with Gasteiger partial charge in [0.1, 0.15) is 12.6 Å². The molecule has 0 saturated carbocycles. The highest BCUT2D eigenvalue weighted by molar-refractivity contribution is 7.99. The first kappa shape index (κ1) is 11.3. The summed E-state index contributed by atoms with van der Waals surface area (Å²) in [5, 5.41) is 12.5. The summed E-state index contributed by atoms with van der Waals surface area (Å²) < 4.78 is 7.10. The third-order valence-electron chi connectivity index (χ3n) is 2.38. The van der Waals surface area contributed by atoms with Gasteiger partial charge in [0.25, 0.3) is 0 Å². The first-order valence-corrected chi connectivity index (χ1v) is 6.38. The first-order valence-electron chi connectivity index (χ1n) is 5.22. The molecule has 0 atom stereocenters. The fraction of sp³-hybridized carbons (Fsp3) is 0.600. The largest absolute Gasteiger partial charge is 0.487 e. The average Bonchev–Trinajstić information content (AvgIpc) is 2.66. The predicted molar refractivity (Wildman–Crippen MR) is 60.8 cm³/mol. The van der Waals surface area contributed by atoms with E-state index in [-0.39, 0.29) is 12.6 Å². The summed E-state index contributed by atoms with van der Waals surface area (Å²) in [6.45, 7) is -0.121. The van der Waals surface area contributed by atoms with Crippen LogP contribution in [0.15, 0.2) is 12.4 Å². The van der Waals surface area contributed by atoms with Crippen LogP contribution in [-0.2, 0) is 11.3 Å². The molecule has 0 amide bonds. The summed E-state index contributed by atoms with van der Waals surface area (Å²) in [6.07, 6.45) is 5.56. The maximum atomic E-state index is 10.5. The van der Waals surface area contributed by atoms with Crippen molar-refractivity contribution < 1.29 is 14.6 Å². The molecule has 1 saturated heterocycles. The Hall–Kier alpha value is -1.17. The van der Waals surface area contributed by atoms with Gasteiger partial charge in [-0.3, -0.25) is 9.48 Å². The highest BCUT2D eigenvalue weighted by atomic mass is 32.2. The van der Waals surface area contributed by atoms with E-state index in [1.54, 1.807) is 12.4 Å². The van der Waals surface area contributed by atoms with E-state index in [1.165, 1.54) is 4.68 Å². The number of nitrogens with zero attached hydrogens (tertiary/aromatic N) is 2. The molecule has 0 unspecified atom stereocenters. The number of ether oxygens (including phenoxy) is 1. The topological polar surface area (TPSA) is 64.3 Å². The number of carbonyl (C=O) groups is 1. The smallest absolute Gasteiger partial charge is 0.325 e. The van der Waals surface area contributed by atoms with Crippen LogP contribution in [0.4, 0.5) is 0 Å². The second kappa shape index (κ2) is 5.25. The van der Waals surface area contributed by atoms with Crippen molar-refractivity contribution in [2.75, 3.05) is 11.5 Å². The van der Waals surface area contributed by atoms with E-state index in [4.69, 9.17) is 9.84 Å². The van der Waals surface area contributed by atoms with Crippen LogP contribution in [0.5, 0.6) is 5.75 Å². The zero-order chi connectivity index (χ0) is 11.4. The minimum Gasteiger partial charge on any atom is -0.487 e. The van der Waals surface area contributed by atoms with Gasteiger partial charge in [0.15, 0.2) is 5.75 Å². The lowest BCUT2D eigenvalue weighted by atomic mass is 10.2. The average molecular weight is 242 g/mol. The van der Waals surface area contributed by atoms with E-state index in [2.05, 4.69) is 5.10 Å². The fourth-order valence-electron chi connectivity index (χ4n) is 1.62. The van der Waals surface area contributed by atoms with Crippen LogP contribution in [0.2, 0.25) is 0 Å². The molecule has 1 aliphatic rings. The Morgan fingerprint density at radius 1 is 1.62 bits per heavy atom. The van der Waals surface area contributed by atoms with Crippen molar-refractivity contribution in [2.24, 2.45) is 0 Å². The molecule has 2 heterocycles. The second-order valence-electron chi connectivity index (χ2n) is 3.70. The number of carboxylic acids is 1. The van der Waals surface area contributed by atoms with Gasteiger partial charge in [0, 0.05) is 0 Å². The Morgan fingerprint density at radius 2 is 2.38 bits per heavy atom. The Kier molecular flexibility index (Phi) is 3.71. The van der Waals surface area contributed by atoms with Gasteiger partial charge in [-0.15, -0.1) is 0 Å². The number of hydrogen-bond donors (Lipinski definition) is 1. The summed E-state index contributed by atoms with van der Waals surface area (Å²) in [4.78, 5) is 10.5. The van der Waals surface area contributed by atoms with Crippen molar-refractivity contribution in [3.05, 3.63) is 12.4 Å². The molecule has 1 aromatic rings. The summed E-state index contributed by atoms with van der Waals surface area (Å²) in [5.74, 6) is 2.03. The quantitative estimate of drug-likeness (QED) is 0.860. The van der Waals surface area contributed by atoms with E-state index in [9.17, 15) is 4.79 Å². The lowest BCUT2D eigenvalue weighted by Gasteiger charge is -2.21. The number of carboxylic acid groups (broad SMARTS) is 1. The van der Waals surface area contributed by atoms with E-state index < -0.39 is 5.97 Å². The lowest BCUT2D eigenvalue weighted by molar-refractivity contribution is -0.137. The molecule has 5 nitrogen and oxygen atoms in total. The van der Waals surface area contributed by atoms with Crippen molar-refractivity contribution in [3.8, 4) is 5.75 Å².